The molecule has 0 spiro atoms. The molecule has 0 fully saturated rings. The zero-order valence-corrected chi connectivity index (χ0v) is 12.3. The average molecular weight is 251 g/mol. The Hall–Kier alpha value is -0.830. The third-order valence-corrected chi connectivity index (χ3v) is 3.19. The second-order valence-corrected chi connectivity index (χ2v) is 5.48. The summed E-state index contributed by atoms with van der Waals surface area (Å²) >= 11 is 0. The quantitative estimate of drug-likeness (QED) is 0.644. The van der Waals surface area contributed by atoms with E-state index < -0.39 is 0 Å². The van der Waals surface area contributed by atoms with Gasteiger partial charge in [0.15, 0.2) is 0 Å². The van der Waals surface area contributed by atoms with Crippen LogP contribution in [-0.2, 0) is 13.1 Å². The number of imidazole rings is 1. The highest BCUT2D eigenvalue weighted by atomic mass is 15.0. The summed E-state index contributed by atoms with van der Waals surface area (Å²) < 4.78 is 2.22. The lowest BCUT2D eigenvalue weighted by Crippen LogP contribution is -2.11. The maximum absolute atomic E-state index is 4.39. The van der Waals surface area contributed by atoms with Gasteiger partial charge in [0.05, 0.1) is 12.0 Å². The minimum Gasteiger partial charge on any atom is -0.337 e. The highest BCUT2D eigenvalue weighted by Gasteiger charge is 1.98. The van der Waals surface area contributed by atoms with E-state index in [9.17, 15) is 0 Å². The van der Waals surface area contributed by atoms with Gasteiger partial charge < -0.3 is 9.88 Å². The first-order valence-electron chi connectivity index (χ1n) is 7.43. The van der Waals surface area contributed by atoms with Gasteiger partial charge in [0.25, 0.3) is 0 Å². The molecule has 0 aliphatic rings. The molecule has 0 amide bonds. The van der Waals surface area contributed by atoms with Gasteiger partial charge >= 0.3 is 0 Å². The Bertz CT molecular complexity index is 304. The van der Waals surface area contributed by atoms with Crippen LogP contribution in [0.3, 0.4) is 0 Å². The van der Waals surface area contributed by atoms with Crippen LogP contribution >= 0.6 is 0 Å². The second-order valence-electron chi connectivity index (χ2n) is 5.48. The summed E-state index contributed by atoms with van der Waals surface area (Å²) in [6.07, 6.45) is 10.9. The van der Waals surface area contributed by atoms with Crippen LogP contribution in [0.1, 0.15) is 58.6 Å². The fourth-order valence-corrected chi connectivity index (χ4v) is 2.07. The normalized spacial score (nSPS) is 11.3. The smallest absolute Gasteiger partial charge is 0.0949 e. The fraction of sp³-hybridized carbons (Fsp3) is 0.800. The summed E-state index contributed by atoms with van der Waals surface area (Å²) in [4.78, 5) is 4.39. The van der Waals surface area contributed by atoms with Gasteiger partial charge in [-0.3, -0.25) is 0 Å². The largest absolute Gasteiger partial charge is 0.337 e. The summed E-state index contributed by atoms with van der Waals surface area (Å²) in [5, 5.41) is 3.30. The molecule has 0 aliphatic carbocycles. The van der Waals surface area contributed by atoms with Crippen molar-refractivity contribution in [2.75, 3.05) is 6.54 Å². The van der Waals surface area contributed by atoms with Gasteiger partial charge in [0, 0.05) is 19.3 Å². The molecule has 0 saturated heterocycles. The molecular weight excluding hydrogens is 222 g/mol. The molecule has 0 saturated carbocycles. The molecule has 3 nitrogen and oxygen atoms in total. The van der Waals surface area contributed by atoms with Crippen molar-refractivity contribution in [2.24, 2.45) is 5.92 Å². The maximum Gasteiger partial charge on any atom is 0.0949 e. The molecule has 0 unspecified atom stereocenters. The van der Waals surface area contributed by atoms with Gasteiger partial charge in [-0.25, -0.2) is 4.98 Å². The molecule has 1 N–H and O–H groups in total. The van der Waals surface area contributed by atoms with Crippen molar-refractivity contribution < 1.29 is 0 Å². The van der Waals surface area contributed by atoms with Crippen molar-refractivity contribution in [2.45, 2.75) is 66.0 Å². The summed E-state index contributed by atoms with van der Waals surface area (Å²) in [6, 6.07) is 0. The molecular formula is C15H29N3. The maximum atomic E-state index is 4.39. The second kappa shape index (κ2) is 9.15. The van der Waals surface area contributed by atoms with Gasteiger partial charge in [-0.05, 0) is 18.9 Å². The number of rotatable bonds is 10. The third kappa shape index (κ3) is 6.80. The molecule has 18 heavy (non-hydrogen) atoms. The van der Waals surface area contributed by atoms with Crippen molar-refractivity contribution in [3.8, 4) is 0 Å². The number of nitrogens with zero attached hydrogens (tertiary/aromatic N) is 2. The van der Waals surface area contributed by atoms with E-state index in [0.29, 0.717) is 0 Å². The number of unbranched alkanes of at least 4 members (excludes halogenated alkanes) is 3. The number of aromatic nitrogens is 2. The SMILES string of the molecule is CCNCc1cn(CCCCCCC(C)C)cn1. The van der Waals surface area contributed by atoms with Crippen LogP contribution in [-0.4, -0.2) is 16.1 Å². The highest BCUT2D eigenvalue weighted by Crippen LogP contribution is 2.10. The lowest BCUT2D eigenvalue weighted by molar-refractivity contribution is 0.505. The Morgan fingerprint density at radius 2 is 2.00 bits per heavy atom. The first-order valence-corrected chi connectivity index (χ1v) is 7.43. The summed E-state index contributed by atoms with van der Waals surface area (Å²) in [5.74, 6) is 0.854. The van der Waals surface area contributed by atoms with Crippen LogP contribution in [0.25, 0.3) is 0 Å². The van der Waals surface area contributed by atoms with Gasteiger partial charge in [0.1, 0.15) is 0 Å². The number of hydrogen-bond acceptors (Lipinski definition) is 2. The average Bonchev–Trinajstić information content (AvgIpc) is 2.78. The monoisotopic (exact) mass is 251 g/mol. The topological polar surface area (TPSA) is 29.9 Å². The van der Waals surface area contributed by atoms with Crippen molar-refractivity contribution in [3.63, 3.8) is 0 Å². The Balaban J connectivity index is 2.06. The van der Waals surface area contributed by atoms with Crippen molar-refractivity contribution in [1.29, 1.82) is 0 Å². The lowest BCUT2D eigenvalue weighted by Gasteiger charge is -2.04. The summed E-state index contributed by atoms with van der Waals surface area (Å²) in [5.41, 5.74) is 1.15. The summed E-state index contributed by atoms with van der Waals surface area (Å²) in [6.45, 7) is 9.73. The predicted molar refractivity (Wildman–Crippen MR) is 77.5 cm³/mol. The Morgan fingerprint density at radius 1 is 1.22 bits per heavy atom. The Morgan fingerprint density at radius 3 is 2.72 bits per heavy atom. The van der Waals surface area contributed by atoms with Gasteiger partial charge in [-0.1, -0.05) is 46.5 Å². The van der Waals surface area contributed by atoms with Crippen LogP contribution in [0.5, 0.6) is 0 Å². The predicted octanol–water partition coefficient (Wildman–Crippen LogP) is 3.60. The van der Waals surface area contributed by atoms with E-state index in [0.717, 1.165) is 31.2 Å². The molecule has 1 aromatic rings. The van der Waals surface area contributed by atoms with Gasteiger partial charge in [-0.2, -0.15) is 0 Å². The minimum atomic E-state index is 0.854. The molecule has 3 heteroatoms. The molecule has 1 heterocycles. The number of nitrogens with one attached hydrogen (secondary N) is 1. The van der Waals surface area contributed by atoms with Crippen LogP contribution in [0, 0.1) is 5.92 Å². The molecule has 0 aromatic carbocycles. The van der Waals surface area contributed by atoms with Crippen molar-refractivity contribution in [3.05, 3.63) is 18.2 Å². The highest BCUT2D eigenvalue weighted by molar-refractivity contribution is 4.95. The van der Waals surface area contributed by atoms with Crippen LogP contribution in [0.4, 0.5) is 0 Å². The molecule has 1 aromatic heterocycles. The van der Waals surface area contributed by atoms with E-state index in [-0.39, 0.29) is 0 Å². The van der Waals surface area contributed by atoms with Crippen LogP contribution in [0.15, 0.2) is 12.5 Å². The van der Waals surface area contributed by atoms with Crippen LogP contribution in [0.2, 0.25) is 0 Å². The summed E-state index contributed by atoms with van der Waals surface area (Å²) in [7, 11) is 0. The fourth-order valence-electron chi connectivity index (χ4n) is 2.07. The van der Waals surface area contributed by atoms with E-state index >= 15 is 0 Å². The molecule has 1 rings (SSSR count). The van der Waals surface area contributed by atoms with Gasteiger partial charge in [0.2, 0.25) is 0 Å². The Labute approximate surface area is 112 Å². The molecule has 104 valence electrons. The van der Waals surface area contributed by atoms with E-state index in [2.05, 4.69) is 41.8 Å². The molecule has 0 aliphatic heterocycles. The lowest BCUT2D eigenvalue weighted by atomic mass is 10.0. The van der Waals surface area contributed by atoms with E-state index in [1.54, 1.807) is 0 Å². The zero-order valence-electron chi connectivity index (χ0n) is 12.3. The molecule has 0 radical (unpaired) electrons. The number of aryl methyl sites for hydroxylation is 1. The molecule has 0 atom stereocenters. The number of hydrogen-bond donors (Lipinski definition) is 1. The first-order chi connectivity index (χ1) is 8.72. The first kappa shape index (κ1) is 15.2. The van der Waals surface area contributed by atoms with E-state index in [1.807, 2.05) is 6.33 Å². The third-order valence-electron chi connectivity index (χ3n) is 3.19. The van der Waals surface area contributed by atoms with Crippen molar-refractivity contribution in [1.82, 2.24) is 14.9 Å². The van der Waals surface area contributed by atoms with E-state index in [4.69, 9.17) is 0 Å². The van der Waals surface area contributed by atoms with Crippen molar-refractivity contribution >= 4 is 0 Å². The standard InChI is InChI=1S/C15H29N3/c1-4-16-11-15-12-18(13-17-15)10-8-6-5-7-9-14(2)3/h12-14,16H,4-11H2,1-3H3. The molecule has 0 bridgehead atoms. The Kier molecular flexibility index (Phi) is 7.74. The van der Waals surface area contributed by atoms with E-state index in [1.165, 1.54) is 32.1 Å². The van der Waals surface area contributed by atoms with Crippen LogP contribution < -0.4 is 5.32 Å². The minimum absolute atomic E-state index is 0.854. The van der Waals surface area contributed by atoms with Gasteiger partial charge in [-0.15, -0.1) is 0 Å². The zero-order chi connectivity index (χ0) is 13.2.